The third kappa shape index (κ3) is 5.93. The number of ether oxygens (including phenoxy) is 3. The summed E-state index contributed by atoms with van der Waals surface area (Å²) < 4.78 is 42.6. The predicted octanol–water partition coefficient (Wildman–Crippen LogP) is 2.73. The van der Waals surface area contributed by atoms with Crippen molar-refractivity contribution in [3.63, 3.8) is 0 Å². The van der Waals surface area contributed by atoms with Crippen LogP contribution in [0.25, 0.3) is 0 Å². The summed E-state index contributed by atoms with van der Waals surface area (Å²) in [5.74, 6) is -0.278. The van der Waals surface area contributed by atoms with Crippen LogP contribution in [0.2, 0.25) is 0 Å². The summed E-state index contributed by atoms with van der Waals surface area (Å²) in [6, 6.07) is 11.6. The van der Waals surface area contributed by atoms with E-state index in [0.717, 1.165) is 5.56 Å². The van der Waals surface area contributed by atoms with Gasteiger partial charge in [-0.05, 0) is 36.8 Å². The largest absolute Gasteiger partial charge is 0.496 e. The molecule has 0 aromatic heterocycles. The van der Waals surface area contributed by atoms with E-state index in [4.69, 9.17) is 14.2 Å². The number of methoxy groups -OCH3 is 1. The zero-order valence-corrected chi connectivity index (χ0v) is 19.0. The van der Waals surface area contributed by atoms with Gasteiger partial charge in [0.1, 0.15) is 12.4 Å². The molecule has 8 nitrogen and oxygen atoms in total. The van der Waals surface area contributed by atoms with Crippen LogP contribution in [0.1, 0.15) is 34.3 Å². The Labute approximate surface area is 188 Å². The van der Waals surface area contributed by atoms with E-state index in [0.29, 0.717) is 43.2 Å². The fourth-order valence-electron chi connectivity index (χ4n) is 3.36. The number of hydrogen-bond acceptors (Lipinski definition) is 7. The van der Waals surface area contributed by atoms with Crippen LogP contribution in [0.4, 0.5) is 0 Å². The second kappa shape index (κ2) is 10.7. The summed E-state index contributed by atoms with van der Waals surface area (Å²) in [6.07, 6.45) is -0.0915. The molecule has 1 heterocycles. The number of sulfonamides is 1. The van der Waals surface area contributed by atoms with Gasteiger partial charge in [0.25, 0.3) is 0 Å². The Balaban J connectivity index is 1.56. The number of benzene rings is 2. The molecule has 9 heteroatoms. The highest BCUT2D eigenvalue weighted by Crippen LogP contribution is 2.22. The maximum absolute atomic E-state index is 12.8. The number of aryl methyl sites for hydroxylation is 1. The van der Waals surface area contributed by atoms with Crippen molar-refractivity contribution in [3.05, 3.63) is 59.2 Å². The lowest BCUT2D eigenvalue weighted by molar-refractivity contribution is -0.144. The van der Waals surface area contributed by atoms with Crippen molar-refractivity contribution < 1.29 is 32.2 Å². The first-order chi connectivity index (χ1) is 15.3. The smallest absolute Gasteiger partial charge is 0.306 e. The normalized spacial score (nSPS) is 14.7. The van der Waals surface area contributed by atoms with Gasteiger partial charge in [-0.1, -0.05) is 23.8 Å². The number of hydrogen-bond donors (Lipinski definition) is 0. The molecule has 1 fully saturated rings. The van der Waals surface area contributed by atoms with Crippen molar-refractivity contribution in [2.24, 2.45) is 0 Å². The number of rotatable bonds is 9. The predicted molar refractivity (Wildman–Crippen MR) is 117 cm³/mol. The zero-order chi connectivity index (χ0) is 23.1. The molecule has 0 bridgehead atoms. The number of carbonyl (C=O) groups excluding carboxylic acids is 2. The van der Waals surface area contributed by atoms with Crippen molar-refractivity contribution in [2.45, 2.75) is 31.3 Å². The number of esters is 1. The molecule has 0 saturated carbocycles. The fourth-order valence-corrected chi connectivity index (χ4v) is 4.84. The van der Waals surface area contributed by atoms with Gasteiger partial charge in [0, 0.05) is 19.5 Å². The Kier molecular flexibility index (Phi) is 8.00. The molecule has 1 saturated heterocycles. The van der Waals surface area contributed by atoms with Crippen molar-refractivity contribution in [2.75, 3.05) is 33.4 Å². The molecule has 0 radical (unpaired) electrons. The van der Waals surface area contributed by atoms with Crippen LogP contribution in [-0.4, -0.2) is 57.9 Å². The molecule has 0 amide bonds. The number of ketones is 1. The van der Waals surface area contributed by atoms with E-state index in [1.165, 1.54) is 23.5 Å². The van der Waals surface area contributed by atoms with E-state index in [1.54, 1.807) is 24.3 Å². The molecule has 0 aliphatic carbocycles. The highest BCUT2D eigenvalue weighted by molar-refractivity contribution is 7.89. The minimum Gasteiger partial charge on any atom is -0.496 e. The summed E-state index contributed by atoms with van der Waals surface area (Å²) in [7, 11) is -2.14. The van der Waals surface area contributed by atoms with Crippen molar-refractivity contribution in [1.82, 2.24) is 4.31 Å². The van der Waals surface area contributed by atoms with Gasteiger partial charge in [-0.15, -0.1) is 0 Å². The average molecular weight is 462 g/mol. The lowest BCUT2D eigenvalue weighted by atomic mass is 10.0. The molecule has 3 rings (SSSR count). The molecule has 32 heavy (non-hydrogen) atoms. The molecular weight excluding hydrogens is 434 g/mol. The van der Waals surface area contributed by atoms with Crippen molar-refractivity contribution in [1.29, 1.82) is 0 Å². The van der Waals surface area contributed by atoms with E-state index in [1.807, 2.05) is 13.0 Å². The van der Waals surface area contributed by atoms with Gasteiger partial charge in [-0.2, -0.15) is 4.31 Å². The summed E-state index contributed by atoms with van der Waals surface area (Å²) in [5.41, 5.74) is 1.91. The number of nitrogens with zero attached hydrogens (tertiary/aromatic N) is 1. The van der Waals surface area contributed by atoms with Gasteiger partial charge in [-0.25, -0.2) is 8.42 Å². The molecular formula is C23H27NO7S. The van der Waals surface area contributed by atoms with E-state index < -0.39 is 16.0 Å². The number of morpholine rings is 1. The standard InChI is InChI=1S/C23H27NO7S/c1-17-6-8-22(29-2)20(14-17)21(25)7-9-23(26)31-16-18-4-3-5-19(15-18)32(27,28)24-10-12-30-13-11-24/h3-6,8,14-15H,7,9-13,16H2,1-2H3. The minimum absolute atomic E-state index is 0.00982. The Morgan fingerprint density at radius 3 is 2.53 bits per heavy atom. The molecule has 172 valence electrons. The summed E-state index contributed by atoms with van der Waals surface area (Å²) in [4.78, 5) is 24.8. The van der Waals surface area contributed by atoms with Crippen LogP contribution in [-0.2, 0) is 30.9 Å². The monoisotopic (exact) mass is 461 g/mol. The third-order valence-corrected chi connectivity index (χ3v) is 7.01. The van der Waals surface area contributed by atoms with Crippen molar-refractivity contribution in [3.8, 4) is 5.75 Å². The maximum atomic E-state index is 12.8. The van der Waals surface area contributed by atoms with Crippen LogP contribution in [0.3, 0.4) is 0 Å². The van der Waals surface area contributed by atoms with Gasteiger partial charge in [0.05, 0.1) is 37.2 Å². The highest BCUT2D eigenvalue weighted by Gasteiger charge is 2.26. The molecule has 0 spiro atoms. The van der Waals surface area contributed by atoms with Crippen LogP contribution in [0, 0.1) is 6.92 Å². The lowest BCUT2D eigenvalue weighted by Crippen LogP contribution is -2.40. The molecule has 0 N–H and O–H groups in total. The summed E-state index contributed by atoms with van der Waals surface area (Å²) >= 11 is 0. The van der Waals surface area contributed by atoms with E-state index in [2.05, 4.69) is 0 Å². The maximum Gasteiger partial charge on any atom is 0.306 e. The summed E-state index contributed by atoms with van der Waals surface area (Å²) in [5, 5.41) is 0. The topological polar surface area (TPSA) is 99.2 Å². The van der Waals surface area contributed by atoms with E-state index in [9.17, 15) is 18.0 Å². The molecule has 1 aliphatic rings. The van der Waals surface area contributed by atoms with Crippen LogP contribution in [0.15, 0.2) is 47.4 Å². The first-order valence-electron chi connectivity index (χ1n) is 10.3. The Bertz CT molecular complexity index is 1080. The number of Topliss-reactive ketones (excluding diaryl/α,β-unsaturated/α-hetero) is 1. The molecule has 2 aromatic rings. The van der Waals surface area contributed by atoms with Gasteiger partial charge >= 0.3 is 5.97 Å². The van der Waals surface area contributed by atoms with Gasteiger partial charge in [-0.3, -0.25) is 9.59 Å². The van der Waals surface area contributed by atoms with Crippen LogP contribution in [0.5, 0.6) is 5.75 Å². The Morgan fingerprint density at radius 2 is 1.81 bits per heavy atom. The zero-order valence-electron chi connectivity index (χ0n) is 18.2. The van der Waals surface area contributed by atoms with Crippen molar-refractivity contribution >= 4 is 21.8 Å². The summed E-state index contributed by atoms with van der Waals surface area (Å²) in [6.45, 7) is 3.14. The first-order valence-corrected chi connectivity index (χ1v) is 11.8. The fraction of sp³-hybridized carbons (Fsp3) is 0.391. The van der Waals surface area contributed by atoms with Crippen LogP contribution >= 0.6 is 0 Å². The van der Waals surface area contributed by atoms with E-state index in [-0.39, 0.29) is 30.1 Å². The molecule has 0 unspecified atom stereocenters. The average Bonchev–Trinajstić information content (AvgIpc) is 2.82. The van der Waals surface area contributed by atoms with Gasteiger partial charge in [0.15, 0.2) is 5.78 Å². The molecule has 0 atom stereocenters. The second-order valence-corrected chi connectivity index (χ2v) is 9.39. The van der Waals surface area contributed by atoms with Crippen LogP contribution < -0.4 is 4.74 Å². The van der Waals surface area contributed by atoms with Gasteiger partial charge in [0.2, 0.25) is 10.0 Å². The minimum atomic E-state index is -3.63. The third-order valence-electron chi connectivity index (χ3n) is 5.12. The SMILES string of the molecule is COc1ccc(C)cc1C(=O)CCC(=O)OCc1cccc(S(=O)(=O)N2CCOCC2)c1. The highest BCUT2D eigenvalue weighted by atomic mass is 32.2. The molecule has 2 aromatic carbocycles. The lowest BCUT2D eigenvalue weighted by Gasteiger charge is -2.26. The van der Waals surface area contributed by atoms with Gasteiger partial charge < -0.3 is 14.2 Å². The second-order valence-electron chi connectivity index (χ2n) is 7.45. The number of carbonyl (C=O) groups is 2. The quantitative estimate of drug-likeness (QED) is 0.418. The Morgan fingerprint density at radius 1 is 1.06 bits per heavy atom. The molecule has 1 aliphatic heterocycles. The first kappa shape index (κ1) is 23.9. The van der Waals surface area contributed by atoms with E-state index >= 15 is 0 Å². The Hall–Kier alpha value is -2.75.